The standard InChI is InChI=1S/C12H14BrClFNO3S/c1-4-16(7(2)3)12(17)8-5-9(15)11(13)10(6-8)20(14,18)19/h5-7H,4H2,1-3H3. The molecule has 0 aliphatic heterocycles. The number of nitrogens with zero attached hydrogens (tertiary/aromatic N) is 1. The maximum absolute atomic E-state index is 13.8. The van der Waals surface area contributed by atoms with Crippen LogP contribution < -0.4 is 0 Å². The van der Waals surface area contributed by atoms with E-state index in [1.54, 1.807) is 6.92 Å². The van der Waals surface area contributed by atoms with Gasteiger partial charge < -0.3 is 4.90 Å². The van der Waals surface area contributed by atoms with E-state index in [1.807, 2.05) is 13.8 Å². The molecule has 0 bridgehead atoms. The SMILES string of the molecule is CCN(C(=O)c1cc(F)c(Br)c(S(=O)(=O)Cl)c1)C(C)C. The fourth-order valence-corrected chi connectivity index (χ4v) is 3.87. The summed E-state index contributed by atoms with van der Waals surface area (Å²) in [6.45, 7) is 5.84. The summed E-state index contributed by atoms with van der Waals surface area (Å²) in [5, 5.41) is 0. The van der Waals surface area contributed by atoms with E-state index in [2.05, 4.69) is 15.9 Å². The molecule has 1 aromatic carbocycles. The molecular formula is C12H14BrClFNO3S. The van der Waals surface area contributed by atoms with Gasteiger partial charge in [0.25, 0.3) is 15.0 Å². The number of amides is 1. The Bertz CT molecular complexity index is 634. The van der Waals surface area contributed by atoms with Crippen molar-refractivity contribution < 1.29 is 17.6 Å². The van der Waals surface area contributed by atoms with Crippen molar-refractivity contribution in [3.05, 3.63) is 28.0 Å². The Hall–Kier alpha value is -0.660. The topological polar surface area (TPSA) is 54.5 Å². The molecule has 0 unspecified atom stereocenters. The highest BCUT2D eigenvalue weighted by Crippen LogP contribution is 2.29. The van der Waals surface area contributed by atoms with Crippen LogP contribution in [0.4, 0.5) is 4.39 Å². The van der Waals surface area contributed by atoms with E-state index >= 15 is 0 Å². The van der Waals surface area contributed by atoms with Crippen molar-refractivity contribution in [1.82, 2.24) is 4.90 Å². The number of rotatable bonds is 4. The van der Waals surface area contributed by atoms with Gasteiger partial charge in [-0.3, -0.25) is 4.79 Å². The highest BCUT2D eigenvalue weighted by Gasteiger charge is 2.24. The molecule has 0 fully saturated rings. The Morgan fingerprint density at radius 2 is 2.00 bits per heavy atom. The van der Waals surface area contributed by atoms with Crippen molar-refractivity contribution in [3.8, 4) is 0 Å². The van der Waals surface area contributed by atoms with Crippen LogP contribution in [0.15, 0.2) is 21.5 Å². The minimum absolute atomic E-state index is 0.0551. The normalized spacial score (nSPS) is 11.8. The van der Waals surface area contributed by atoms with Crippen LogP contribution >= 0.6 is 26.6 Å². The van der Waals surface area contributed by atoms with Crippen molar-refractivity contribution in [1.29, 1.82) is 0 Å². The summed E-state index contributed by atoms with van der Waals surface area (Å²) >= 11 is 2.82. The van der Waals surface area contributed by atoms with E-state index in [0.717, 1.165) is 12.1 Å². The van der Waals surface area contributed by atoms with Gasteiger partial charge in [-0.25, -0.2) is 12.8 Å². The number of carbonyl (C=O) groups is 1. The van der Waals surface area contributed by atoms with Crippen molar-refractivity contribution >= 4 is 41.6 Å². The molecule has 0 spiro atoms. The highest BCUT2D eigenvalue weighted by atomic mass is 79.9. The first kappa shape index (κ1) is 17.4. The van der Waals surface area contributed by atoms with Crippen LogP contribution in [-0.4, -0.2) is 31.8 Å². The molecule has 0 radical (unpaired) electrons. The molecule has 0 aliphatic carbocycles. The molecule has 0 saturated heterocycles. The zero-order chi connectivity index (χ0) is 15.7. The molecule has 20 heavy (non-hydrogen) atoms. The Morgan fingerprint density at radius 1 is 1.45 bits per heavy atom. The Kier molecular flexibility index (Phi) is 5.57. The molecule has 1 aromatic rings. The predicted octanol–water partition coefficient (Wildman–Crippen LogP) is 3.39. The summed E-state index contributed by atoms with van der Waals surface area (Å²) in [5.41, 5.74) is -0.0551. The monoisotopic (exact) mass is 385 g/mol. The molecule has 0 atom stereocenters. The van der Waals surface area contributed by atoms with E-state index in [-0.39, 0.29) is 16.1 Å². The second kappa shape index (κ2) is 6.41. The molecule has 1 amide bonds. The van der Waals surface area contributed by atoms with Gasteiger partial charge in [0.1, 0.15) is 10.7 Å². The molecule has 8 heteroatoms. The summed E-state index contributed by atoms with van der Waals surface area (Å²) in [7, 11) is 1.09. The van der Waals surface area contributed by atoms with Gasteiger partial charge in [0.2, 0.25) is 0 Å². The van der Waals surface area contributed by atoms with E-state index in [9.17, 15) is 17.6 Å². The van der Waals surface area contributed by atoms with Crippen molar-refractivity contribution in [2.75, 3.05) is 6.54 Å². The fourth-order valence-electron chi connectivity index (χ4n) is 1.77. The summed E-state index contributed by atoms with van der Waals surface area (Å²) in [6, 6.07) is 1.97. The van der Waals surface area contributed by atoms with Gasteiger partial charge in [-0.15, -0.1) is 0 Å². The second-order valence-electron chi connectivity index (χ2n) is 4.39. The average Bonchev–Trinajstić information content (AvgIpc) is 2.31. The smallest absolute Gasteiger partial charge is 0.262 e. The number of benzene rings is 1. The average molecular weight is 387 g/mol. The molecule has 0 saturated carbocycles. The minimum atomic E-state index is -4.15. The Morgan fingerprint density at radius 3 is 2.40 bits per heavy atom. The Balaban J connectivity index is 3.42. The van der Waals surface area contributed by atoms with Crippen molar-refractivity contribution in [2.24, 2.45) is 0 Å². The molecule has 112 valence electrons. The molecular weight excluding hydrogens is 373 g/mol. The van der Waals surface area contributed by atoms with Crippen LogP contribution in [0.3, 0.4) is 0 Å². The largest absolute Gasteiger partial charge is 0.336 e. The minimum Gasteiger partial charge on any atom is -0.336 e. The van der Waals surface area contributed by atoms with Gasteiger partial charge >= 0.3 is 0 Å². The van der Waals surface area contributed by atoms with Gasteiger partial charge in [-0.1, -0.05) is 0 Å². The zero-order valence-electron chi connectivity index (χ0n) is 11.2. The summed E-state index contributed by atoms with van der Waals surface area (Å²) in [6.07, 6.45) is 0. The molecule has 0 aliphatic rings. The van der Waals surface area contributed by atoms with E-state index in [4.69, 9.17) is 10.7 Å². The second-order valence-corrected chi connectivity index (χ2v) is 7.72. The maximum atomic E-state index is 13.8. The van der Waals surface area contributed by atoms with Gasteiger partial charge in [0, 0.05) is 28.8 Å². The van der Waals surface area contributed by atoms with Gasteiger partial charge in [0.15, 0.2) is 0 Å². The fraction of sp³-hybridized carbons (Fsp3) is 0.417. The third-order valence-electron chi connectivity index (χ3n) is 2.73. The maximum Gasteiger partial charge on any atom is 0.262 e. The van der Waals surface area contributed by atoms with Crippen molar-refractivity contribution in [3.63, 3.8) is 0 Å². The van der Waals surface area contributed by atoms with Crippen LogP contribution in [0.2, 0.25) is 0 Å². The lowest BCUT2D eigenvalue weighted by atomic mass is 10.1. The highest BCUT2D eigenvalue weighted by molar-refractivity contribution is 9.10. The molecule has 0 N–H and O–H groups in total. The lowest BCUT2D eigenvalue weighted by Gasteiger charge is -2.25. The third kappa shape index (κ3) is 3.71. The number of halogens is 3. The van der Waals surface area contributed by atoms with Crippen LogP contribution in [0.5, 0.6) is 0 Å². The summed E-state index contributed by atoms with van der Waals surface area (Å²) in [5.74, 6) is -1.30. The number of carbonyl (C=O) groups excluding carboxylic acids is 1. The molecule has 1 rings (SSSR count). The quantitative estimate of drug-likeness (QED) is 0.745. The molecule has 4 nitrogen and oxygen atoms in total. The van der Waals surface area contributed by atoms with Crippen LogP contribution in [-0.2, 0) is 9.05 Å². The number of hydrogen-bond acceptors (Lipinski definition) is 3. The van der Waals surface area contributed by atoms with Gasteiger partial charge in [0.05, 0.1) is 4.47 Å². The third-order valence-corrected chi connectivity index (χ3v) is 5.14. The molecule has 0 heterocycles. The van der Waals surface area contributed by atoms with Gasteiger partial charge in [-0.05, 0) is 48.8 Å². The van der Waals surface area contributed by atoms with Crippen LogP contribution in [0.1, 0.15) is 31.1 Å². The van der Waals surface area contributed by atoms with Crippen molar-refractivity contribution in [2.45, 2.75) is 31.7 Å². The van der Waals surface area contributed by atoms with E-state index in [0.29, 0.717) is 6.54 Å². The first-order valence-corrected chi connectivity index (χ1v) is 8.94. The lowest BCUT2D eigenvalue weighted by molar-refractivity contribution is 0.0716. The number of hydrogen-bond donors (Lipinski definition) is 0. The van der Waals surface area contributed by atoms with Crippen LogP contribution in [0, 0.1) is 5.82 Å². The van der Waals surface area contributed by atoms with E-state index < -0.39 is 25.7 Å². The van der Waals surface area contributed by atoms with Gasteiger partial charge in [-0.2, -0.15) is 0 Å². The summed E-state index contributed by atoms with van der Waals surface area (Å²) in [4.78, 5) is 13.3. The zero-order valence-corrected chi connectivity index (χ0v) is 14.3. The first-order chi connectivity index (χ1) is 9.09. The first-order valence-electron chi connectivity index (χ1n) is 5.84. The van der Waals surface area contributed by atoms with E-state index in [1.165, 1.54) is 4.90 Å². The Labute approximate surface area is 130 Å². The summed E-state index contributed by atoms with van der Waals surface area (Å²) < 4.78 is 36.3. The lowest BCUT2D eigenvalue weighted by Crippen LogP contribution is -2.36. The van der Waals surface area contributed by atoms with Crippen LogP contribution in [0.25, 0.3) is 0 Å². The predicted molar refractivity (Wildman–Crippen MR) is 79.0 cm³/mol. The molecule has 0 aromatic heterocycles.